The lowest BCUT2D eigenvalue weighted by Gasteiger charge is -2.30. The van der Waals surface area contributed by atoms with Gasteiger partial charge in [-0.1, -0.05) is 0 Å². The first-order chi connectivity index (χ1) is 13.5. The molecule has 2 atom stereocenters. The number of nitrogens with two attached hydrogens (primary N) is 1. The molecule has 148 valence electrons. The van der Waals surface area contributed by atoms with Crippen LogP contribution in [0.3, 0.4) is 0 Å². The van der Waals surface area contributed by atoms with Crippen molar-refractivity contribution in [1.82, 2.24) is 10.2 Å². The van der Waals surface area contributed by atoms with Crippen LogP contribution in [0.4, 0.5) is 16.2 Å². The molecule has 3 aliphatic heterocycles. The van der Waals surface area contributed by atoms with Gasteiger partial charge in [-0.25, -0.2) is 4.79 Å². The van der Waals surface area contributed by atoms with E-state index in [1.807, 2.05) is 29.2 Å². The molecule has 1 unspecified atom stereocenters. The highest BCUT2D eigenvalue weighted by molar-refractivity contribution is 6.06. The van der Waals surface area contributed by atoms with E-state index in [-0.39, 0.29) is 18.0 Å². The Morgan fingerprint density at radius 1 is 1.14 bits per heavy atom. The molecule has 2 fully saturated rings. The van der Waals surface area contributed by atoms with Crippen molar-refractivity contribution >= 4 is 35.2 Å². The molecule has 9 nitrogen and oxygen atoms in total. The number of carbonyl (C=O) groups is 3. The predicted molar refractivity (Wildman–Crippen MR) is 105 cm³/mol. The molecule has 0 spiro atoms. The summed E-state index contributed by atoms with van der Waals surface area (Å²) in [7, 11) is 0. The summed E-state index contributed by atoms with van der Waals surface area (Å²) < 4.78 is 0. The molecule has 0 radical (unpaired) electrons. The fraction of sp³-hybridized carbons (Fsp3) is 0.474. The van der Waals surface area contributed by atoms with Crippen molar-refractivity contribution in [2.24, 2.45) is 10.7 Å². The summed E-state index contributed by atoms with van der Waals surface area (Å²) in [6, 6.07) is 6.39. The highest BCUT2D eigenvalue weighted by Crippen LogP contribution is 2.35. The number of aliphatic imine (C=N–C) groups is 1. The Balaban J connectivity index is 1.60. The van der Waals surface area contributed by atoms with Gasteiger partial charge in [0.15, 0.2) is 0 Å². The van der Waals surface area contributed by atoms with E-state index in [4.69, 9.17) is 5.73 Å². The van der Waals surface area contributed by atoms with Crippen LogP contribution in [0.2, 0.25) is 0 Å². The molecule has 2 saturated heterocycles. The molecular formula is C19H24N6O3. The number of carbonyl (C=O) groups excluding carboxylic acids is 3. The molecule has 0 aliphatic carbocycles. The molecule has 4 amide bonds. The van der Waals surface area contributed by atoms with Gasteiger partial charge in [0.05, 0.1) is 6.04 Å². The first-order valence-electron chi connectivity index (χ1n) is 9.56. The summed E-state index contributed by atoms with van der Waals surface area (Å²) in [5.41, 5.74) is 7.13. The summed E-state index contributed by atoms with van der Waals surface area (Å²) in [5.74, 6) is -0.128. The maximum atomic E-state index is 12.8. The average molecular weight is 384 g/mol. The highest BCUT2D eigenvalue weighted by Gasteiger charge is 2.51. The van der Waals surface area contributed by atoms with Crippen molar-refractivity contribution in [3.63, 3.8) is 0 Å². The van der Waals surface area contributed by atoms with Gasteiger partial charge in [-0.3, -0.25) is 24.8 Å². The summed E-state index contributed by atoms with van der Waals surface area (Å²) in [4.78, 5) is 45.9. The Hall–Kier alpha value is -3.10. The number of urea groups is 1. The monoisotopic (exact) mass is 384 g/mol. The minimum atomic E-state index is -0.646. The number of hydrogen-bond donors (Lipinski definition) is 2. The third-order valence-electron chi connectivity index (χ3n) is 5.47. The van der Waals surface area contributed by atoms with Gasteiger partial charge in [-0.2, -0.15) is 0 Å². The van der Waals surface area contributed by atoms with E-state index in [9.17, 15) is 14.4 Å². The standard InChI is InChI=1S/C19H24N6O3/c1-12(26)22-18-21-9-3-11-23(18)13-5-7-14(8-6-13)25-16(17(20)27)15-4-2-10-24(15)19(25)28/h5-8,15-16H,2-4,9-11H2,1H3,(H2,20,27)(H,21,22,26)/t15-,16?/m1/s1. The summed E-state index contributed by atoms with van der Waals surface area (Å²) in [5, 5.41) is 2.76. The Kier molecular flexibility index (Phi) is 4.66. The van der Waals surface area contributed by atoms with Crippen LogP contribution in [0.25, 0.3) is 0 Å². The number of rotatable bonds is 3. The SMILES string of the molecule is CC(=O)NC1=NCCCN1c1ccc(N2C(=O)N3CCC[C@@H]3C2C(N)=O)cc1. The van der Waals surface area contributed by atoms with Gasteiger partial charge in [-0.05, 0) is 43.5 Å². The Labute approximate surface area is 163 Å². The number of hydrogen-bond acceptors (Lipinski definition) is 5. The van der Waals surface area contributed by atoms with Crippen LogP contribution >= 0.6 is 0 Å². The second-order valence-electron chi connectivity index (χ2n) is 7.31. The zero-order valence-electron chi connectivity index (χ0n) is 15.8. The fourth-order valence-electron chi connectivity index (χ4n) is 4.29. The Bertz CT molecular complexity index is 837. The van der Waals surface area contributed by atoms with E-state index < -0.39 is 11.9 Å². The van der Waals surface area contributed by atoms with Gasteiger partial charge in [0, 0.05) is 37.9 Å². The number of nitrogens with zero attached hydrogens (tertiary/aromatic N) is 4. The number of guanidine groups is 1. The highest BCUT2D eigenvalue weighted by atomic mass is 16.2. The van der Waals surface area contributed by atoms with Crippen LogP contribution in [0, 0.1) is 0 Å². The molecule has 28 heavy (non-hydrogen) atoms. The number of benzene rings is 1. The third kappa shape index (κ3) is 3.06. The van der Waals surface area contributed by atoms with Gasteiger partial charge < -0.3 is 15.5 Å². The van der Waals surface area contributed by atoms with Gasteiger partial charge in [0.25, 0.3) is 0 Å². The van der Waals surface area contributed by atoms with E-state index in [0.717, 1.165) is 31.5 Å². The van der Waals surface area contributed by atoms with Crippen LogP contribution in [0.5, 0.6) is 0 Å². The van der Waals surface area contributed by atoms with Crippen molar-refractivity contribution < 1.29 is 14.4 Å². The Morgan fingerprint density at radius 3 is 2.54 bits per heavy atom. The van der Waals surface area contributed by atoms with Gasteiger partial charge in [0.1, 0.15) is 6.04 Å². The lowest BCUT2D eigenvalue weighted by Crippen LogP contribution is -2.47. The lowest BCUT2D eigenvalue weighted by molar-refractivity contribution is -0.119. The summed E-state index contributed by atoms with van der Waals surface area (Å²) in [6.45, 7) is 3.52. The predicted octanol–water partition coefficient (Wildman–Crippen LogP) is 0.647. The number of fused-ring (bicyclic) bond motifs is 1. The smallest absolute Gasteiger partial charge is 0.325 e. The fourth-order valence-corrected chi connectivity index (χ4v) is 4.29. The minimum absolute atomic E-state index is 0.148. The lowest BCUT2D eigenvalue weighted by atomic mass is 10.1. The van der Waals surface area contributed by atoms with Crippen LogP contribution < -0.4 is 20.9 Å². The molecule has 1 aromatic carbocycles. The van der Waals surface area contributed by atoms with E-state index >= 15 is 0 Å². The van der Waals surface area contributed by atoms with Crippen molar-refractivity contribution in [3.05, 3.63) is 24.3 Å². The number of primary amides is 1. The minimum Gasteiger partial charge on any atom is -0.368 e. The second kappa shape index (κ2) is 7.14. The van der Waals surface area contributed by atoms with Crippen LogP contribution in [-0.4, -0.2) is 60.4 Å². The van der Waals surface area contributed by atoms with Gasteiger partial charge >= 0.3 is 6.03 Å². The molecule has 0 aromatic heterocycles. The normalized spacial score (nSPS) is 24.2. The van der Waals surface area contributed by atoms with Crippen LogP contribution in [-0.2, 0) is 9.59 Å². The molecular weight excluding hydrogens is 360 g/mol. The average Bonchev–Trinajstić information content (AvgIpc) is 3.24. The van der Waals surface area contributed by atoms with Crippen molar-refractivity contribution in [1.29, 1.82) is 0 Å². The molecule has 4 rings (SSSR count). The quantitative estimate of drug-likeness (QED) is 0.797. The van der Waals surface area contributed by atoms with Gasteiger partial charge in [0.2, 0.25) is 17.8 Å². The van der Waals surface area contributed by atoms with E-state index in [1.165, 1.54) is 11.8 Å². The first-order valence-corrected chi connectivity index (χ1v) is 9.56. The number of anilines is 2. The maximum Gasteiger partial charge on any atom is 0.325 e. The molecule has 0 bridgehead atoms. The number of amides is 4. The topological polar surface area (TPSA) is 111 Å². The number of nitrogens with one attached hydrogen (secondary N) is 1. The zero-order chi connectivity index (χ0) is 19.8. The second-order valence-corrected chi connectivity index (χ2v) is 7.31. The van der Waals surface area contributed by atoms with Crippen molar-refractivity contribution in [3.8, 4) is 0 Å². The Morgan fingerprint density at radius 2 is 1.86 bits per heavy atom. The largest absolute Gasteiger partial charge is 0.368 e. The molecule has 0 saturated carbocycles. The third-order valence-corrected chi connectivity index (χ3v) is 5.47. The van der Waals surface area contributed by atoms with E-state index in [1.54, 1.807) is 4.90 Å². The van der Waals surface area contributed by atoms with E-state index in [0.29, 0.717) is 24.7 Å². The van der Waals surface area contributed by atoms with Crippen LogP contribution in [0.15, 0.2) is 29.3 Å². The molecule has 3 heterocycles. The molecule has 3 N–H and O–H groups in total. The van der Waals surface area contributed by atoms with E-state index in [2.05, 4.69) is 10.3 Å². The summed E-state index contributed by atoms with van der Waals surface area (Å²) >= 11 is 0. The van der Waals surface area contributed by atoms with Crippen LogP contribution in [0.1, 0.15) is 26.2 Å². The van der Waals surface area contributed by atoms with Gasteiger partial charge in [-0.15, -0.1) is 0 Å². The zero-order valence-corrected chi connectivity index (χ0v) is 15.8. The summed E-state index contributed by atoms with van der Waals surface area (Å²) in [6.07, 6.45) is 2.57. The maximum absolute atomic E-state index is 12.8. The molecule has 3 aliphatic rings. The molecule has 9 heteroatoms. The van der Waals surface area contributed by atoms with Crippen molar-refractivity contribution in [2.75, 3.05) is 29.4 Å². The van der Waals surface area contributed by atoms with Crippen molar-refractivity contribution in [2.45, 2.75) is 38.3 Å². The first kappa shape index (κ1) is 18.3. The molecule has 1 aromatic rings.